The zero-order chi connectivity index (χ0) is 31.8. The zero-order valence-corrected chi connectivity index (χ0v) is 27.0. The van der Waals surface area contributed by atoms with Crippen molar-refractivity contribution in [1.82, 2.24) is 15.2 Å². The number of aryl methyl sites for hydroxylation is 1. The van der Waals surface area contributed by atoms with Crippen LogP contribution in [0.2, 0.25) is 0 Å². The normalized spacial score (nSPS) is 18.1. The van der Waals surface area contributed by atoms with Crippen LogP contribution < -0.4 is 10.1 Å². The van der Waals surface area contributed by atoms with Gasteiger partial charge in [0.1, 0.15) is 11.9 Å². The molecule has 1 amide bonds. The van der Waals surface area contributed by atoms with Crippen molar-refractivity contribution in [3.8, 4) is 17.0 Å². The summed E-state index contributed by atoms with van der Waals surface area (Å²) in [6, 6.07) is 14.8. The molecular formula is C37H47N3O5. The average molecular weight is 614 g/mol. The lowest BCUT2D eigenvalue weighted by atomic mass is 9.97. The standard InChI is InChI=1S/C37H47N3O5/c1-25-23-26(18-20-35(25)44-3)33-24-30(29-15-7-8-16-31(29)38-33)37(43)39-32(19-21-36(42)45-28-13-5-4-6-14-28)34(41)17-9-11-27-12-10-22-40(27)2/h7-8,15-16,18,20,23-24,27-28,32H,4-6,9-14,17,19,21-22H2,1-3H3,(H,39,43). The Labute approximate surface area is 266 Å². The van der Waals surface area contributed by atoms with Gasteiger partial charge in [0, 0.05) is 29.8 Å². The number of aromatic nitrogens is 1. The number of nitrogens with one attached hydrogen (secondary N) is 1. The molecule has 2 fully saturated rings. The summed E-state index contributed by atoms with van der Waals surface area (Å²) in [5.74, 6) is 0.0851. The number of ether oxygens (including phenoxy) is 2. The largest absolute Gasteiger partial charge is 0.496 e. The van der Waals surface area contributed by atoms with E-state index in [0.717, 1.165) is 68.4 Å². The second kappa shape index (κ2) is 15.5. The van der Waals surface area contributed by atoms with Gasteiger partial charge >= 0.3 is 5.97 Å². The number of Topliss-reactive ketones (excluding diaryl/α,β-unsaturated/α-hetero) is 1. The maximum absolute atomic E-state index is 14.0. The Kier molecular flexibility index (Phi) is 11.2. The van der Waals surface area contributed by atoms with Gasteiger partial charge in [-0.2, -0.15) is 0 Å². The first-order valence-electron chi connectivity index (χ1n) is 16.6. The third kappa shape index (κ3) is 8.48. The van der Waals surface area contributed by atoms with Crippen LogP contribution in [0.25, 0.3) is 22.2 Å². The molecule has 5 rings (SSSR count). The first kappa shape index (κ1) is 32.6. The van der Waals surface area contributed by atoms with Crippen molar-refractivity contribution < 1.29 is 23.9 Å². The number of para-hydroxylation sites is 1. The minimum atomic E-state index is -0.781. The molecule has 2 aliphatic rings. The second-order valence-corrected chi connectivity index (χ2v) is 12.7. The van der Waals surface area contributed by atoms with Gasteiger partial charge in [-0.25, -0.2) is 4.98 Å². The van der Waals surface area contributed by atoms with Crippen molar-refractivity contribution in [2.24, 2.45) is 0 Å². The van der Waals surface area contributed by atoms with Gasteiger partial charge in [-0.3, -0.25) is 14.4 Å². The lowest BCUT2D eigenvalue weighted by Gasteiger charge is -2.23. The van der Waals surface area contributed by atoms with Crippen LogP contribution in [0.1, 0.15) is 93.0 Å². The maximum atomic E-state index is 14.0. The lowest BCUT2D eigenvalue weighted by Crippen LogP contribution is -2.41. The van der Waals surface area contributed by atoms with Crippen LogP contribution in [-0.2, 0) is 14.3 Å². The number of likely N-dealkylation sites (tertiary alicyclic amines) is 1. The Hall–Kier alpha value is -3.78. The summed E-state index contributed by atoms with van der Waals surface area (Å²) >= 11 is 0. The van der Waals surface area contributed by atoms with Gasteiger partial charge in [0.25, 0.3) is 5.91 Å². The van der Waals surface area contributed by atoms with Crippen molar-refractivity contribution in [3.63, 3.8) is 0 Å². The van der Waals surface area contributed by atoms with Gasteiger partial charge in [-0.15, -0.1) is 0 Å². The molecule has 3 aromatic rings. The molecule has 8 nitrogen and oxygen atoms in total. The van der Waals surface area contributed by atoms with E-state index in [2.05, 4.69) is 17.3 Å². The zero-order valence-electron chi connectivity index (χ0n) is 27.0. The topological polar surface area (TPSA) is 97.8 Å². The molecule has 1 aliphatic heterocycles. The van der Waals surface area contributed by atoms with Gasteiger partial charge in [-0.05, 0) is 114 Å². The first-order valence-corrected chi connectivity index (χ1v) is 16.6. The molecule has 240 valence electrons. The minimum Gasteiger partial charge on any atom is -0.496 e. The number of hydrogen-bond acceptors (Lipinski definition) is 7. The van der Waals surface area contributed by atoms with Gasteiger partial charge in [-0.1, -0.05) is 24.6 Å². The number of carbonyl (C=O) groups is 3. The molecule has 1 aliphatic carbocycles. The maximum Gasteiger partial charge on any atom is 0.306 e. The molecule has 2 aromatic carbocycles. The van der Waals surface area contributed by atoms with Gasteiger partial charge < -0.3 is 19.7 Å². The Bertz CT molecular complexity index is 1500. The van der Waals surface area contributed by atoms with Gasteiger partial charge in [0.15, 0.2) is 5.78 Å². The highest BCUT2D eigenvalue weighted by Gasteiger charge is 2.27. The predicted octanol–water partition coefficient (Wildman–Crippen LogP) is 6.81. The summed E-state index contributed by atoms with van der Waals surface area (Å²) in [5.41, 5.74) is 3.62. The summed E-state index contributed by atoms with van der Waals surface area (Å²) in [6.45, 7) is 3.07. The van der Waals surface area contributed by atoms with Crippen LogP contribution in [0.3, 0.4) is 0 Å². The van der Waals surface area contributed by atoms with Crippen molar-refractivity contribution >= 4 is 28.6 Å². The second-order valence-electron chi connectivity index (χ2n) is 12.7. The van der Waals surface area contributed by atoms with E-state index in [1.807, 2.05) is 49.4 Å². The highest BCUT2D eigenvalue weighted by molar-refractivity contribution is 6.08. The number of methoxy groups -OCH3 is 1. The number of carbonyl (C=O) groups excluding carboxylic acids is 3. The molecule has 0 spiro atoms. The number of nitrogens with zero attached hydrogens (tertiary/aromatic N) is 2. The van der Waals surface area contributed by atoms with E-state index in [1.165, 1.54) is 12.8 Å². The van der Waals surface area contributed by atoms with E-state index in [0.29, 0.717) is 34.6 Å². The molecule has 1 N–H and O–H groups in total. The van der Waals surface area contributed by atoms with E-state index >= 15 is 0 Å². The highest BCUT2D eigenvalue weighted by Crippen LogP contribution is 2.29. The number of amides is 1. The van der Waals surface area contributed by atoms with Crippen LogP contribution in [-0.4, -0.2) is 66.4 Å². The average Bonchev–Trinajstić information content (AvgIpc) is 3.46. The number of fused-ring (bicyclic) bond motifs is 1. The molecule has 2 atom stereocenters. The fraction of sp³-hybridized carbons (Fsp3) is 0.514. The molecular weight excluding hydrogens is 566 g/mol. The van der Waals surface area contributed by atoms with E-state index in [1.54, 1.807) is 13.2 Å². The minimum absolute atomic E-state index is 0.0402. The van der Waals surface area contributed by atoms with Crippen molar-refractivity contribution in [2.75, 3.05) is 20.7 Å². The van der Waals surface area contributed by atoms with Crippen LogP contribution in [0.4, 0.5) is 0 Å². The number of hydrogen-bond donors (Lipinski definition) is 1. The molecule has 1 aromatic heterocycles. The third-order valence-corrected chi connectivity index (χ3v) is 9.46. The predicted molar refractivity (Wildman–Crippen MR) is 176 cm³/mol. The van der Waals surface area contributed by atoms with E-state index in [-0.39, 0.29) is 36.6 Å². The van der Waals surface area contributed by atoms with Crippen LogP contribution in [0.15, 0.2) is 48.5 Å². The SMILES string of the molecule is COc1ccc(-c2cc(C(=O)NC(CCC(=O)OC3CCCCC3)C(=O)CCCC3CCCN3C)c3ccccc3n2)cc1C. The molecule has 45 heavy (non-hydrogen) atoms. The first-order chi connectivity index (χ1) is 21.8. The monoisotopic (exact) mass is 613 g/mol. The lowest BCUT2D eigenvalue weighted by molar-refractivity contribution is -0.150. The number of pyridine rings is 1. The number of esters is 1. The van der Waals surface area contributed by atoms with E-state index in [4.69, 9.17) is 14.5 Å². The molecule has 2 heterocycles. The third-order valence-electron chi connectivity index (χ3n) is 9.46. The Morgan fingerprint density at radius 2 is 1.80 bits per heavy atom. The molecule has 0 radical (unpaired) electrons. The fourth-order valence-electron chi connectivity index (χ4n) is 6.82. The van der Waals surface area contributed by atoms with E-state index < -0.39 is 6.04 Å². The smallest absolute Gasteiger partial charge is 0.306 e. The summed E-state index contributed by atoms with van der Waals surface area (Å²) in [4.78, 5) is 47.6. The van der Waals surface area contributed by atoms with Crippen molar-refractivity contribution in [1.29, 1.82) is 0 Å². The van der Waals surface area contributed by atoms with Crippen LogP contribution in [0, 0.1) is 6.92 Å². The summed E-state index contributed by atoms with van der Waals surface area (Å²) < 4.78 is 11.2. The van der Waals surface area contributed by atoms with Gasteiger partial charge in [0.2, 0.25) is 0 Å². The quantitative estimate of drug-likeness (QED) is 0.212. The van der Waals surface area contributed by atoms with Crippen molar-refractivity contribution in [3.05, 3.63) is 59.7 Å². The molecule has 0 bridgehead atoms. The summed E-state index contributed by atoms with van der Waals surface area (Å²) in [7, 11) is 3.78. The summed E-state index contributed by atoms with van der Waals surface area (Å²) in [6.07, 6.45) is 9.79. The Morgan fingerprint density at radius 3 is 2.53 bits per heavy atom. The van der Waals surface area contributed by atoms with Crippen molar-refractivity contribution in [2.45, 2.75) is 102 Å². The molecule has 8 heteroatoms. The van der Waals surface area contributed by atoms with Crippen LogP contribution in [0.5, 0.6) is 5.75 Å². The number of ketones is 1. The fourth-order valence-corrected chi connectivity index (χ4v) is 6.82. The number of benzene rings is 2. The molecule has 1 saturated carbocycles. The molecule has 1 saturated heterocycles. The Morgan fingerprint density at radius 1 is 1.00 bits per heavy atom. The summed E-state index contributed by atoms with van der Waals surface area (Å²) in [5, 5.41) is 3.73. The van der Waals surface area contributed by atoms with Gasteiger partial charge in [0.05, 0.1) is 29.9 Å². The Balaban J connectivity index is 1.34. The van der Waals surface area contributed by atoms with Crippen LogP contribution >= 0.6 is 0 Å². The highest BCUT2D eigenvalue weighted by atomic mass is 16.5. The molecule has 2 unspecified atom stereocenters. The van der Waals surface area contributed by atoms with E-state index in [9.17, 15) is 14.4 Å². The number of rotatable bonds is 13.